The van der Waals surface area contributed by atoms with E-state index in [9.17, 15) is 0 Å². The number of allylic oxidation sites excluding steroid dienone is 2. The second-order valence-electron chi connectivity index (χ2n) is 6.42. The van der Waals surface area contributed by atoms with Crippen molar-refractivity contribution in [3.8, 4) is 0 Å². The third-order valence-electron chi connectivity index (χ3n) is 4.55. The van der Waals surface area contributed by atoms with Gasteiger partial charge in [-0.3, -0.25) is 0 Å². The van der Waals surface area contributed by atoms with Crippen LogP contribution in [0, 0.1) is 6.92 Å². The van der Waals surface area contributed by atoms with Crippen molar-refractivity contribution in [2.75, 3.05) is 0 Å². The lowest BCUT2D eigenvalue weighted by Crippen LogP contribution is -2.12. The first-order chi connectivity index (χ1) is 12.1. The fraction of sp³-hybridized carbons (Fsp3) is 0.318. The Morgan fingerprint density at radius 3 is 2.64 bits per heavy atom. The summed E-state index contributed by atoms with van der Waals surface area (Å²) in [6.45, 7) is 12.4. The molecule has 1 N–H and O–H groups in total. The van der Waals surface area contributed by atoms with E-state index in [0.29, 0.717) is 5.71 Å². The molecule has 0 radical (unpaired) electrons. The highest BCUT2D eigenvalue weighted by Gasteiger charge is 2.18. The molecule has 0 aliphatic carbocycles. The lowest BCUT2D eigenvalue weighted by molar-refractivity contribution is 0.650. The fourth-order valence-electron chi connectivity index (χ4n) is 3.18. The molecule has 0 spiro atoms. The average molecular weight is 334 g/mol. The zero-order valence-electron chi connectivity index (χ0n) is 15.6. The fourth-order valence-corrected chi connectivity index (χ4v) is 3.18. The van der Waals surface area contributed by atoms with Gasteiger partial charge in [-0.15, -0.1) is 0 Å². The standard InChI is InChI=1S/C22H26N2O/c1-6-9-16-11-13-17-18-12-10-15(5)24-22(18)25-21(17)20(16)19(8-3)23-14(4)7-2/h8,10-13,23H,4,6-7,9H2,1-3,5H3/b19-8-. The first-order valence-corrected chi connectivity index (χ1v) is 9.02. The molecule has 0 atom stereocenters. The molecule has 3 nitrogen and oxygen atoms in total. The Labute approximate surface area is 149 Å². The minimum atomic E-state index is 0.703. The smallest absolute Gasteiger partial charge is 0.227 e. The third-order valence-corrected chi connectivity index (χ3v) is 4.55. The molecule has 0 amide bonds. The number of furan rings is 1. The van der Waals surface area contributed by atoms with Crippen molar-refractivity contribution < 1.29 is 4.42 Å². The SMILES string of the molecule is C=C(CC)N/C(=C\C)c1c(CCC)ccc2c1oc1nc(C)ccc12. The molecule has 130 valence electrons. The highest BCUT2D eigenvalue weighted by Crippen LogP contribution is 2.35. The van der Waals surface area contributed by atoms with E-state index in [0.717, 1.165) is 58.3 Å². The van der Waals surface area contributed by atoms with Crippen molar-refractivity contribution in [1.29, 1.82) is 0 Å². The monoisotopic (exact) mass is 334 g/mol. The quantitative estimate of drug-likeness (QED) is 0.590. The molecule has 25 heavy (non-hydrogen) atoms. The number of hydrogen-bond donors (Lipinski definition) is 1. The Morgan fingerprint density at radius 1 is 1.20 bits per heavy atom. The normalized spacial score (nSPS) is 12.1. The maximum absolute atomic E-state index is 6.23. The highest BCUT2D eigenvalue weighted by atomic mass is 16.3. The van der Waals surface area contributed by atoms with Crippen LogP contribution < -0.4 is 5.32 Å². The van der Waals surface area contributed by atoms with Gasteiger partial charge in [0, 0.05) is 33.4 Å². The molecule has 0 unspecified atom stereocenters. The van der Waals surface area contributed by atoms with Crippen LogP contribution in [-0.4, -0.2) is 4.98 Å². The van der Waals surface area contributed by atoms with Crippen LogP contribution in [-0.2, 0) is 6.42 Å². The lowest BCUT2D eigenvalue weighted by atomic mass is 9.97. The van der Waals surface area contributed by atoms with E-state index in [-0.39, 0.29) is 0 Å². The van der Waals surface area contributed by atoms with Gasteiger partial charge in [0.2, 0.25) is 5.71 Å². The van der Waals surface area contributed by atoms with Gasteiger partial charge in [-0.1, -0.05) is 45.1 Å². The number of aryl methyl sites for hydroxylation is 2. The molecule has 0 aliphatic rings. The topological polar surface area (TPSA) is 38.1 Å². The largest absolute Gasteiger partial charge is 0.437 e. The van der Waals surface area contributed by atoms with Gasteiger partial charge in [0.15, 0.2) is 0 Å². The van der Waals surface area contributed by atoms with Crippen molar-refractivity contribution in [3.63, 3.8) is 0 Å². The number of nitrogens with zero attached hydrogens (tertiary/aromatic N) is 1. The molecule has 1 aromatic carbocycles. The van der Waals surface area contributed by atoms with E-state index in [1.807, 2.05) is 19.9 Å². The van der Waals surface area contributed by atoms with Crippen LogP contribution in [0.25, 0.3) is 27.8 Å². The molecule has 3 aromatic rings. The van der Waals surface area contributed by atoms with E-state index in [2.05, 4.69) is 55.0 Å². The van der Waals surface area contributed by atoms with Gasteiger partial charge in [0.05, 0.1) is 0 Å². The number of pyridine rings is 1. The third kappa shape index (κ3) is 3.19. The maximum Gasteiger partial charge on any atom is 0.227 e. The van der Waals surface area contributed by atoms with Crippen LogP contribution in [0.4, 0.5) is 0 Å². The van der Waals surface area contributed by atoms with Crippen molar-refractivity contribution in [2.24, 2.45) is 0 Å². The van der Waals surface area contributed by atoms with Crippen molar-refractivity contribution >= 4 is 27.8 Å². The van der Waals surface area contributed by atoms with Crippen LogP contribution in [0.2, 0.25) is 0 Å². The van der Waals surface area contributed by atoms with Crippen LogP contribution in [0.1, 0.15) is 50.4 Å². The van der Waals surface area contributed by atoms with Crippen LogP contribution in [0.3, 0.4) is 0 Å². The molecule has 0 bridgehead atoms. The average Bonchev–Trinajstić information content (AvgIpc) is 2.97. The molecule has 3 rings (SSSR count). The summed E-state index contributed by atoms with van der Waals surface area (Å²) < 4.78 is 6.23. The molecule has 0 fully saturated rings. The van der Waals surface area contributed by atoms with E-state index >= 15 is 0 Å². The maximum atomic E-state index is 6.23. The number of nitrogens with one attached hydrogen (secondary N) is 1. The predicted molar refractivity (Wildman–Crippen MR) is 106 cm³/mol. The summed E-state index contributed by atoms with van der Waals surface area (Å²) in [6.07, 6.45) is 5.08. The van der Waals surface area contributed by atoms with Gasteiger partial charge in [-0.05, 0) is 44.4 Å². The number of hydrogen-bond acceptors (Lipinski definition) is 3. The summed E-state index contributed by atoms with van der Waals surface area (Å²) in [5, 5.41) is 5.64. The van der Waals surface area contributed by atoms with E-state index in [1.165, 1.54) is 5.56 Å². The minimum absolute atomic E-state index is 0.703. The van der Waals surface area contributed by atoms with Gasteiger partial charge in [0.25, 0.3) is 0 Å². The van der Waals surface area contributed by atoms with Gasteiger partial charge in [-0.25, -0.2) is 4.98 Å². The predicted octanol–water partition coefficient (Wildman–Crippen LogP) is 6.12. The summed E-state index contributed by atoms with van der Waals surface area (Å²) in [5.41, 5.74) is 7.04. The summed E-state index contributed by atoms with van der Waals surface area (Å²) >= 11 is 0. The molecule has 0 saturated heterocycles. The Morgan fingerprint density at radius 2 is 1.96 bits per heavy atom. The number of rotatable bonds is 6. The number of aromatic nitrogens is 1. The first-order valence-electron chi connectivity index (χ1n) is 9.02. The van der Waals surface area contributed by atoms with Gasteiger partial charge < -0.3 is 9.73 Å². The molecule has 2 heterocycles. The Bertz CT molecular complexity index is 963. The Balaban J connectivity index is 2.30. The van der Waals surface area contributed by atoms with Crippen molar-refractivity contribution in [2.45, 2.75) is 47.0 Å². The second-order valence-corrected chi connectivity index (χ2v) is 6.42. The minimum Gasteiger partial charge on any atom is -0.437 e. The second kappa shape index (κ2) is 7.14. The summed E-state index contributed by atoms with van der Waals surface area (Å²) in [4.78, 5) is 4.57. The first kappa shape index (κ1) is 17.3. The van der Waals surface area contributed by atoms with Crippen molar-refractivity contribution in [3.05, 3.63) is 59.4 Å². The molecule has 3 heteroatoms. The Kier molecular flexibility index (Phi) is 4.93. The molecule has 2 aromatic heterocycles. The Hall–Kier alpha value is -2.55. The van der Waals surface area contributed by atoms with Crippen LogP contribution in [0.5, 0.6) is 0 Å². The molecule has 0 saturated carbocycles. The van der Waals surface area contributed by atoms with Gasteiger partial charge >= 0.3 is 0 Å². The summed E-state index contributed by atoms with van der Waals surface area (Å²) in [5.74, 6) is 0. The van der Waals surface area contributed by atoms with E-state index < -0.39 is 0 Å². The van der Waals surface area contributed by atoms with Crippen LogP contribution in [0.15, 0.2) is 47.0 Å². The lowest BCUT2D eigenvalue weighted by Gasteiger charge is -2.16. The molecular formula is C22H26N2O. The van der Waals surface area contributed by atoms with Gasteiger partial charge in [0.1, 0.15) is 5.58 Å². The zero-order chi connectivity index (χ0) is 18.0. The van der Waals surface area contributed by atoms with Crippen LogP contribution >= 0.6 is 0 Å². The molecule has 0 aliphatic heterocycles. The van der Waals surface area contributed by atoms with E-state index in [4.69, 9.17) is 4.42 Å². The summed E-state index contributed by atoms with van der Waals surface area (Å²) in [6, 6.07) is 8.51. The van der Waals surface area contributed by atoms with Gasteiger partial charge in [-0.2, -0.15) is 0 Å². The number of fused-ring (bicyclic) bond motifs is 3. The van der Waals surface area contributed by atoms with E-state index in [1.54, 1.807) is 0 Å². The zero-order valence-corrected chi connectivity index (χ0v) is 15.6. The summed E-state index contributed by atoms with van der Waals surface area (Å²) in [7, 11) is 0. The van der Waals surface area contributed by atoms with Crippen molar-refractivity contribution in [1.82, 2.24) is 10.3 Å². The highest BCUT2D eigenvalue weighted by molar-refractivity contribution is 6.07. The molecular weight excluding hydrogens is 308 g/mol. The number of benzene rings is 1.